The second-order valence-electron chi connectivity index (χ2n) is 7.08. The molecule has 3 aromatic carbocycles. The number of aromatic nitrogens is 2. The van der Waals surface area contributed by atoms with E-state index in [1.54, 1.807) is 6.07 Å². The van der Waals surface area contributed by atoms with E-state index in [2.05, 4.69) is 47.9 Å². The van der Waals surface area contributed by atoms with Crippen molar-refractivity contribution < 1.29 is 9.53 Å². The predicted molar refractivity (Wildman–Crippen MR) is 117 cm³/mol. The van der Waals surface area contributed by atoms with E-state index in [1.165, 1.54) is 18.2 Å². The SMILES string of the molecule is CCCCn1c(-c2ccc(-c3ccccc3)cc2)nc2ccc(C(=O)OC)cc21. The van der Waals surface area contributed by atoms with Crippen LogP contribution in [0.15, 0.2) is 72.8 Å². The standard InChI is InChI=1S/C25H24N2O2/c1-3-4-16-27-23-17-21(25(28)29-2)14-15-22(23)26-24(27)20-12-10-19(11-13-20)18-8-6-5-7-9-18/h5-15,17H,3-4,16H2,1-2H3. The second kappa shape index (κ2) is 8.31. The molecule has 0 aliphatic rings. The molecule has 4 nitrogen and oxygen atoms in total. The summed E-state index contributed by atoms with van der Waals surface area (Å²) in [4.78, 5) is 16.9. The van der Waals surface area contributed by atoms with Crippen molar-refractivity contribution in [1.82, 2.24) is 9.55 Å². The molecule has 0 fully saturated rings. The molecule has 0 aliphatic carbocycles. The molecular weight excluding hydrogens is 360 g/mol. The van der Waals surface area contributed by atoms with Crippen LogP contribution in [-0.4, -0.2) is 22.6 Å². The van der Waals surface area contributed by atoms with Crippen LogP contribution in [-0.2, 0) is 11.3 Å². The number of unbranched alkanes of at least 4 members (excludes halogenated alkanes) is 1. The molecule has 0 amide bonds. The summed E-state index contributed by atoms with van der Waals surface area (Å²) < 4.78 is 7.10. The number of carbonyl (C=O) groups is 1. The highest BCUT2D eigenvalue weighted by Gasteiger charge is 2.15. The fraction of sp³-hybridized carbons (Fsp3) is 0.200. The van der Waals surface area contributed by atoms with E-state index in [4.69, 9.17) is 9.72 Å². The molecule has 0 bridgehead atoms. The lowest BCUT2D eigenvalue weighted by Crippen LogP contribution is -2.03. The van der Waals surface area contributed by atoms with Gasteiger partial charge in [0, 0.05) is 12.1 Å². The summed E-state index contributed by atoms with van der Waals surface area (Å²) in [7, 11) is 1.40. The Bertz CT molecular complexity index is 1130. The molecule has 1 heterocycles. The molecule has 4 aromatic rings. The molecular formula is C25H24N2O2. The Balaban J connectivity index is 1.78. The third-order valence-corrected chi connectivity index (χ3v) is 5.15. The molecule has 0 N–H and O–H groups in total. The van der Waals surface area contributed by atoms with Crippen molar-refractivity contribution in [3.8, 4) is 22.5 Å². The van der Waals surface area contributed by atoms with Gasteiger partial charge < -0.3 is 9.30 Å². The zero-order valence-corrected chi connectivity index (χ0v) is 16.8. The molecule has 4 heteroatoms. The lowest BCUT2D eigenvalue weighted by Gasteiger charge is -2.10. The molecule has 146 valence electrons. The first kappa shape index (κ1) is 18.9. The van der Waals surface area contributed by atoms with Gasteiger partial charge in [-0.3, -0.25) is 0 Å². The largest absolute Gasteiger partial charge is 0.465 e. The van der Waals surface area contributed by atoms with Gasteiger partial charge in [-0.1, -0.05) is 67.9 Å². The molecule has 0 unspecified atom stereocenters. The van der Waals surface area contributed by atoms with Gasteiger partial charge in [-0.2, -0.15) is 0 Å². The van der Waals surface area contributed by atoms with Crippen LogP contribution in [0.5, 0.6) is 0 Å². The van der Waals surface area contributed by atoms with Crippen LogP contribution in [0.25, 0.3) is 33.5 Å². The number of ether oxygens (including phenoxy) is 1. The number of imidazole rings is 1. The van der Waals surface area contributed by atoms with E-state index >= 15 is 0 Å². The Morgan fingerprint density at radius 2 is 1.62 bits per heavy atom. The summed E-state index contributed by atoms with van der Waals surface area (Å²) >= 11 is 0. The second-order valence-corrected chi connectivity index (χ2v) is 7.08. The van der Waals surface area contributed by atoms with E-state index in [1.807, 2.05) is 30.3 Å². The van der Waals surface area contributed by atoms with Gasteiger partial charge in [-0.25, -0.2) is 9.78 Å². The van der Waals surface area contributed by atoms with Crippen molar-refractivity contribution in [1.29, 1.82) is 0 Å². The first-order valence-corrected chi connectivity index (χ1v) is 9.95. The minimum absolute atomic E-state index is 0.330. The molecule has 0 aliphatic heterocycles. The van der Waals surface area contributed by atoms with Gasteiger partial charge in [0.05, 0.1) is 23.7 Å². The highest BCUT2D eigenvalue weighted by Crippen LogP contribution is 2.28. The fourth-order valence-corrected chi connectivity index (χ4v) is 3.57. The molecule has 0 spiro atoms. The highest BCUT2D eigenvalue weighted by atomic mass is 16.5. The van der Waals surface area contributed by atoms with E-state index < -0.39 is 0 Å². The molecule has 1 aromatic heterocycles. The summed E-state index contributed by atoms with van der Waals surface area (Å²) in [6, 6.07) is 24.4. The highest BCUT2D eigenvalue weighted by molar-refractivity contribution is 5.94. The van der Waals surface area contributed by atoms with E-state index in [9.17, 15) is 4.79 Å². The number of hydrogen-bond acceptors (Lipinski definition) is 3. The normalized spacial score (nSPS) is 11.0. The number of benzene rings is 3. The summed E-state index contributed by atoms with van der Waals surface area (Å²) in [6.07, 6.45) is 2.13. The van der Waals surface area contributed by atoms with Crippen LogP contribution in [0.4, 0.5) is 0 Å². The number of methoxy groups -OCH3 is 1. The summed E-state index contributed by atoms with van der Waals surface area (Å²) in [5.41, 5.74) is 5.83. The van der Waals surface area contributed by atoms with Crippen molar-refractivity contribution in [2.75, 3.05) is 7.11 Å². The van der Waals surface area contributed by atoms with E-state index in [-0.39, 0.29) is 5.97 Å². The van der Waals surface area contributed by atoms with Crippen molar-refractivity contribution in [2.45, 2.75) is 26.3 Å². The fourth-order valence-electron chi connectivity index (χ4n) is 3.57. The van der Waals surface area contributed by atoms with Gasteiger partial charge in [0.25, 0.3) is 0 Å². The summed E-state index contributed by atoms with van der Waals surface area (Å²) in [5.74, 6) is 0.596. The van der Waals surface area contributed by atoms with Gasteiger partial charge in [-0.15, -0.1) is 0 Å². The van der Waals surface area contributed by atoms with Crippen LogP contribution >= 0.6 is 0 Å². The molecule has 0 atom stereocenters. The van der Waals surface area contributed by atoms with Crippen LogP contribution in [0.3, 0.4) is 0 Å². The maximum absolute atomic E-state index is 12.0. The summed E-state index contributed by atoms with van der Waals surface area (Å²) in [5, 5.41) is 0. The van der Waals surface area contributed by atoms with Crippen LogP contribution < -0.4 is 0 Å². The number of nitrogens with zero attached hydrogens (tertiary/aromatic N) is 2. The Labute approximate surface area is 170 Å². The minimum atomic E-state index is -0.330. The maximum Gasteiger partial charge on any atom is 0.337 e. The predicted octanol–water partition coefficient (Wildman–Crippen LogP) is 5.96. The van der Waals surface area contributed by atoms with Crippen molar-refractivity contribution >= 4 is 17.0 Å². The topological polar surface area (TPSA) is 44.1 Å². The smallest absolute Gasteiger partial charge is 0.337 e. The van der Waals surface area contributed by atoms with Crippen LogP contribution in [0.2, 0.25) is 0 Å². The van der Waals surface area contributed by atoms with Gasteiger partial charge >= 0.3 is 5.97 Å². The zero-order chi connectivity index (χ0) is 20.2. The van der Waals surface area contributed by atoms with E-state index in [0.717, 1.165) is 41.8 Å². The Morgan fingerprint density at radius 3 is 2.31 bits per heavy atom. The van der Waals surface area contributed by atoms with Gasteiger partial charge in [0.1, 0.15) is 5.82 Å². The first-order valence-electron chi connectivity index (χ1n) is 9.95. The van der Waals surface area contributed by atoms with Crippen molar-refractivity contribution in [3.63, 3.8) is 0 Å². The zero-order valence-electron chi connectivity index (χ0n) is 16.8. The number of fused-ring (bicyclic) bond motifs is 1. The molecule has 29 heavy (non-hydrogen) atoms. The molecule has 0 radical (unpaired) electrons. The number of aryl methyl sites for hydroxylation is 1. The van der Waals surface area contributed by atoms with Crippen molar-refractivity contribution in [3.05, 3.63) is 78.4 Å². The molecule has 0 saturated carbocycles. The molecule has 4 rings (SSSR count). The lowest BCUT2D eigenvalue weighted by molar-refractivity contribution is 0.0601. The van der Waals surface area contributed by atoms with Gasteiger partial charge in [0.2, 0.25) is 0 Å². The van der Waals surface area contributed by atoms with Crippen LogP contribution in [0.1, 0.15) is 30.1 Å². The summed E-state index contributed by atoms with van der Waals surface area (Å²) in [6.45, 7) is 3.03. The number of rotatable bonds is 6. The van der Waals surface area contributed by atoms with Crippen molar-refractivity contribution in [2.24, 2.45) is 0 Å². The third-order valence-electron chi connectivity index (χ3n) is 5.15. The Morgan fingerprint density at radius 1 is 0.931 bits per heavy atom. The number of hydrogen-bond donors (Lipinski definition) is 0. The first-order chi connectivity index (χ1) is 14.2. The van der Waals surface area contributed by atoms with Gasteiger partial charge in [-0.05, 0) is 35.7 Å². The number of esters is 1. The average Bonchev–Trinajstić information content (AvgIpc) is 3.15. The number of carbonyl (C=O) groups excluding carboxylic acids is 1. The Hall–Kier alpha value is -3.40. The lowest BCUT2D eigenvalue weighted by atomic mass is 10.0. The monoisotopic (exact) mass is 384 g/mol. The third kappa shape index (κ3) is 3.79. The Kier molecular flexibility index (Phi) is 5.43. The van der Waals surface area contributed by atoms with E-state index in [0.29, 0.717) is 5.56 Å². The quantitative estimate of drug-likeness (QED) is 0.385. The van der Waals surface area contributed by atoms with Gasteiger partial charge in [0.15, 0.2) is 0 Å². The van der Waals surface area contributed by atoms with Crippen LogP contribution in [0, 0.1) is 0 Å². The maximum atomic E-state index is 12.0. The molecule has 0 saturated heterocycles. The average molecular weight is 384 g/mol. The minimum Gasteiger partial charge on any atom is -0.465 e.